The Morgan fingerprint density at radius 2 is 1.51 bits per heavy atom. The molecule has 0 aliphatic heterocycles. The maximum atomic E-state index is 12.4. The van der Waals surface area contributed by atoms with Crippen LogP contribution < -0.4 is 24.4 Å². The van der Waals surface area contributed by atoms with E-state index in [2.05, 4.69) is 10.5 Å². The van der Waals surface area contributed by atoms with E-state index >= 15 is 0 Å². The van der Waals surface area contributed by atoms with Crippen molar-refractivity contribution < 1.29 is 28.5 Å². The van der Waals surface area contributed by atoms with Crippen LogP contribution in [0.25, 0.3) is 0 Å². The van der Waals surface area contributed by atoms with Gasteiger partial charge in [-0.3, -0.25) is 4.79 Å². The Labute approximate surface area is 226 Å². The van der Waals surface area contributed by atoms with Gasteiger partial charge in [0.1, 0.15) is 18.1 Å². The predicted molar refractivity (Wildman–Crippen MR) is 147 cm³/mol. The highest BCUT2D eigenvalue weighted by molar-refractivity contribution is 5.91. The van der Waals surface area contributed by atoms with Gasteiger partial charge >= 0.3 is 5.97 Å². The number of carbonyl (C=O) groups excluding carboxylic acids is 2. The predicted octanol–water partition coefficient (Wildman–Crippen LogP) is 5.41. The Balaban J connectivity index is 1.26. The highest BCUT2D eigenvalue weighted by Gasteiger charge is 2.15. The fraction of sp³-hybridized carbons (Fsp3) is 0.129. The lowest BCUT2D eigenvalue weighted by Gasteiger charge is -2.13. The van der Waals surface area contributed by atoms with E-state index in [9.17, 15) is 9.59 Å². The van der Waals surface area contributed by atoms with Gasteiger partial charge in [0.2, 0.25) is 0 Å². The molecule has 1 amide bonds. The van der Waals surface area contributed by atoms with Crippen molar-refractivity contribution in [3.63, 3.8) is 0 Å². The average Bonchev–Trinajstić information content (AvgIpc) is 2.98. The summed E-state index contributed by atoms with van der Waals surface area (Å²) in [5, 5.41) is 4.00. The molecule has 1 N–H and O–H groups in total. The van der Waals surface area contributed by atoms with Gasteiger partial charge < -0.3 is 18.9 Å². The van der Waals surface area contributed by atoms with Gasteiger partial charge in [-0.15, -0.1) is 0 Å². The van der Waals surface area contributed by atoms with E-state index in [4.69, 9.17) is 18.9 Å². The van der Waals surface area contributed by atoms with Crippen molar-refractivity contribution in [2.75, 3.05) is 7.11 Å². The second kappa shape index (κ2) is 13.4. The van der Waals surface area contributed by atoms with Crippen molar-refractivity contribution >= 4 is 18.1 Å². The highest BCUT2D eigenvalue weighted by Crippen LogP contribution is 2.28. The topological polar surface area (TPSA) is 95.5 Å². The molecule has 0 aliphatic rings. The zero-order valence-electron chi connectivity index (χ0n) is 21.6. The second-order valence-electron chi connectivity index (χ2n) is 8.41. The molecule has 0 aromatic heterocycles. The summed E-state index contributed by atoms with van der Waals surface area (Å²) in [5.74, 6) is 0.929. The number of methoxy groups -OCH3 is 1. The normalized spacial score (nSPS) is 11.4. The third-order valence-electron chi connectivity index (χ3n) is 5.54. The van der Waals surface area contributed by atoms with Gasteiger partial charge in [0, 0.05) is 0 Å². The molecule has 0 heterocycles. The Kier molecular flexibility index (Phi) is 9.28. The Hall–Kier alpha value is -5.11. The lowest BCUT2D eigenvalue weighted by molar-refractivity contribution is -0.127. The van der Waals surface area contributed by atoms with Crippen molar-refractivity contribution in [3.05, 3.63) is 120 Å². The summed E-state index contributed by atoms with van der Waals surface area (Å²) in [6, 6.07) is 30.5. The zero-order valence-corrected chi connectivity index (χ0v) is 21.6. The van der Waals surface area contributed by atoms with E-state index in [1.165, 1.54) is 13.3 Å². The van der Waals surface area contributed by atoms with Crippen LogP contribution >= 0.6 is 0 Å². The van der Waals surface area contributed by atoms with Crippen molar-refractivity contribution in [1.29, 1.82) is 0 Å². The quantitative estimate of drug-likeness (QED) is 0.122. The molecule has 0 aliphatic carbocycles. The van der Waals surface area contributed by atoms with Crippen LogP contribution in [0.15, 0.2) is 108 Å². The fourth-order valence-corrected chi connectivity index (χ4v) is 3.46. The molecular weight excluding hydrogens is 496 g/mol. The number of nitrogens with one attached hydrogen (secondary N) is 1. The number of amides is 1. The summed E-state index contributed by atoms with van der Waals surface area (Å²) >= 11 is 0. The van der Waals surface area contributed by atoms with Crippen LogP contribution in [0.4, 0.5) is 0 Å². The number of hydrazone groups is 1. The molecule has 0 bridgehead atoms. The smallest absolute Gasteiger partial charge is 0.343 e. The molecule has 8 nitrogen and oxygen atoms in total. The lowest BCUT2D eigenvalue weighted by Crippen LogP contribution is -2.33. The molecule has 0 radical (unpaired) electrons. The third-order valence-corrected chi connectivity index (χ3v) is 5.54. The average molecular weight is 525 g/mol. The van der Waals surface area contributed by atoms with E-state index in [1.54, 1.807) is 73.7 Å². The lowest BCUT2D eigenvalue weighted by atomic mass is 10.2. The van der Waals surface area contributed by atoms with Crippen molar-refractivity contribution in [2.45, 2.75) is 19.6 Å². The minimum absolute atomic E-state index is 0.269. The number of esters is 1. The molecule has 0 fully saturated rings. The number of nitrogens with zero attached hydrogens (tertiary/aromatic N) is 1. The van der Waals surface area contributed by atoms with Crippen molar-refractivity contribution in [3.8, 4) is 23.0 Å². The number of hydrogen-bond acceptors (Lipinski definition) is 7. The van der Waals surface area contributed by atoms with Crippen LogP contribution in [0.2, 0.25) is 0 Å². The minimum atomic E-state index is -0.785. The van der Waals surface area contributed by atoms with E-state index in [0.717, 1.165) is 5.56 Å². The Morgan fingerprint density at radius 3 is 2.21 bits per heavy atom. The summed E-state index contributed by atoms with van der Waals surface area (Å²) in [5.41, 5.74) is 4.59. The maximum absolute atomic E-state index is 12.4. The van der Waals surface area contributed by atoms with Crippen molar-refractivity contribution in [1.82, 2.24) is 5.43 Å². The molecular formula is C31H28N2O6. The first-order chi connectivity index (χ1) is 19.0. The summed E-state index contributed by atoms with van der Waals surface area (Å²) < 4.78 is 22.3. The Morgan fingerprint density at radius 1 is 0.846 bits per heavy atom. The van der Waals surface area contributed by atoms with Crippen LogP contribution in [-0.2, 0) is 11.4 Å². The first-order valence-electron chi connectivity index (χ1n) is 12.2. The molecule has 1 atom stereocenters. The maximum Gasteiger partial charge on any atom is 0.343 e. The van der Waals surface area contributed by atoms with Crippen LogP contribution in [0, 0.1) is 0 Å². The largest absolute Gasteiger partial charge is 0.493 e. The Bertz CT molecular complexity index is 1410. The van der Waals surface area contributed by atoms with E-state index < -0.39 is 18.0 Å². The van der Waals surface area contributed by atoms with Gasteiger partial charge in [0.05, 0.1) is 18.9 Å². The van der Waals surface area contributed by atoms with Gasteiger partial charge in [-0.25, -0.2) is 10.2 Å². The molecule has 0 unspecified atom stereocenters. The summed E-state index contributed by atoms with van der Waals surface area (Å²) in [4.78, 5) is 24.8. The van der Waals surface area contributed by atoms with E-state index in [-0.39, 0.29) is 5.75 Å². The molecule has 4 rings (SSSR count). The molecule has 0 spiro atoms. The number of rotatable bonds is 11. The summed E-state index contributed by atoms with van der Waals surface area (Å²) in [6.45, 7) is 2.09. The SMILES string of the molecule is COc1cc(/C=N\NC(=O)[C@H](C)Oc2ccc(OCc3ccccc3)cc2)ccc1OC(=O)c1ccccc1. The molecule has 0 saturated heterocycles. The van der Waals surface area contributed by atoms with Crippen molar-refractivity contribution in [2.24, 2.45) is 5.10 Å². The molecule has 0 saturated carbocycles. The summed E-state index contributed by atoms with van der Waals surface area (Å²) in [6.07, 6.45) is 0.669. The van der Waals surface area contributed by atoms with Crippen LogP contribution in [0.3, 0.4) is 0 Å². The molecule has 4 aromatic rings. The molecule has 198 valence electrons. The van der Waals surface area contributed by atoms with E-state index in [1.807, 2.05) is 36.4 Å². The monoisotopic (exact) mass is 524 g/mol. The molecule has 4 aromatic carbocycles. The van der Waals surface area contributed by atoms with Crippen LogP contribution in [0.1, 0.15) is 28.4 Å². The zero-order chi connectivity index (χ0) is 27.5. The van der Waals surface area contributed by atoms with Gasteiger partial charge in [0.25, 0.3) is 5.91 Å². The number of benzene rings is 4. The van der Waals surface area contributed by atoms with Crippen LogP contribution in [0.5, 0.6) is 23.0 Å². The van der Waals surface area contributed by atoms with Crippen LogP contribution in [-0.4, -0.2) is 31.3 Å². The summed E-state index contributed by atoms with van der Waals surface area (Å²) in [7, 11) is 1.47. The number of carbonyl (C=O) groups is 2. The van der Waals surface area contributed by atoms with Gasteiger partial charge in [0.15, 0.2) is 17.6 Å². The highest BCUT2D eigenvalue weighted by atomic mass is 16.6. The van der Waals surface area contributed by atoms with Gasteiger partial charge in [-0.05, 0) is 72.6 Å². The standard InChI is InChI=1S/C31H28N2O6/c1-22(38-27-16-14-26(15-17-27)37-21-23-9-5-3-6-10-23)30(34)33-32-20-24-13-18-28(29(19-24)36-2)39-31(35)25-11-7-4-8-12-25/h3-20,22H,21H2,1-2H3,(H,33,34)/b32-20-/t22-/m0/s1. The fourth-order valence-electron chi connectivity index (χ4n) is 3.46. The molecule has 39 heavy (non-hydrogen) atoms. The van der Waals surface area contributed by atoms with Gasteiger partial charge in [-0.1, -0.05) is 48.5 Å². The second-order valence-corrected chi connectivity index (χ2v) is 8.41. The minimum Gasteiger partial charge on any atom is -0.493 e. The van der Waals surface area contributed by atoms with Gasteiger partial charge in [-0.2, -0.15) is 5.10 Å². The number of ether oxygens (including phenoxy) is 4. The molecule has 8 heteroatoms. The number of hydrogen-bond donors (Lipinski definition) is 1. The third kappa shape index (κ3) is 7.93. The van der Waals surface area contributed by atoms with E-state index in [0.29, 0.717) is 35.0 Å². The first-order valence-corrected chi connectivity index (χ1v) is 12.2. The first kappa shape index (κ1) is 26.9.